The molecule has 2 rings (SSSR count). The van der Waals surface area contributed by atoms with Crippen molar-refractivity contribution in [3.05, 3.63) is 53.9 Å². The lowest BCUT2D eigenvalue weighted by Crippen LogP contribution is -2.15. The normalized spacial score (nSPS) is 9.81. The predicted octanol–water partition coefficient (Wildman–Crippen LogP) is 2.13. The molecule has 0 bridgehead atoms. The summed E-state index contributed by atoms with van der Waals surface area (Å²) in [7, 11) is 1.96. The Hall–Kier alpha value is -1.32. The van der Waals surface area contributed by atoms with E-state index < -0.39 is 0 Å². The highest BCUT2D eigenvalue weighted by Crippen LogP contribution is 1.99. The third-order valence-corrected chi connectivity index (χ3v) is 2.40. The Morgan fingerprint density at radius 2 is 1.88 bits per heavy atom. The fourth-order valence-corrected chi connectivity index (χ4v) is 1.51. The van der Waals surface area contributed by atoms with Crippen molar-refractivity contribution in [2.24, 2.45) is 7.05 Å². The molecule has 1 N–H and O–H groups in total. The van der Waals surface area contributed by atoms with Crippen molar-refractivity contribution in [2.45, 2.75) is 13.1 Å². The average Bonchev–Trinajstić information content (AvgIpc) is 2.66. The van der Waals surface area contributed by atoms with Crippen LogP contribution >= 0.6 is 12.4 Å². The van der Waals surface area contributed by atoms with Gasteiger partial charge in [0.1, 0.15) is 0 Å². The predicted molar refractivity (Wildman–Crippen MR) is 67.4 cm³/mol. The van der Waals surface area contributed by atoms with E-state index in [9.17, 15) is 0 Å². The van der Waals surface area contributed by atoms with Gasteiger partial charge in [-0.2, -0.15) is 5.10 Å². The first kappa shape index (κ1) is 12.7. The third kappa shape index (κ3) is 3.36. The Kier molecular flexibility index (Phi) is 5.02. The van der Waals surface area contributed by atoms with Crippen LogP contribution in [0.25, 0.3) is 0 Å². The monoisotopic (exact) mass is 237 g/mol. The molecule has 0 radical (unpaired) electrons. The maximum Gasteiger partial charge on any atom is 0.0518 e. The molecule has 0 fully saturated rings. The lowest BCUT2D eigenvalue weighted by Gasteiger charge is -2.04. The maximum atomic E-state index is 4.12. The minimum absolute atomic E-state index is 0. The van der Waals surface area contributed by atoms with Crippen molar-refractivity contribution >= 4 is 12.4 Å². The topological polar surface area (TPSA) is 29.9 Å². The number of hydrogen-bond donors (Lipinski definition) is 1. The molecule has 3 nitrogen and oxygen atoms in total. The van der Waals surface area contributed by atoms with Gasteiger partial charge in [0, 0.05) is 26.3 Å². The first-order valence-corrected chi connectivity index (χ1v) is 5.08. The van der Waals surface area contributed by atoms with Crippen molar-refractivity contribution in [1.29, 1.82) is 0 Å². The Morgan fingerprint density at radius 1 is 1.12 bits per heavy atom. The van der Waals surface area contributed by atoms with Gasteiger partial charge >= 0.3 is 0 Å². The zero-order valence-corrected chi connectivity index (χ0v) is 10.1. The number of benzene rings is 1. The summed E-state index contributed by atoms with van der Waals surface area (Å²) in [4.78, 5) is 0. The van der Waals surface area contributed by atoms with E-state index in [1.807, 2.05) is 30.1 Å². The highest BCUT2D eigenvalue weighted by atomic mass is 35.5. The molecule has 0 atom stereocenters. The van der Waals surface area contributed by atoms with Crippen LogP contribution in [-0.2, 0) is 20.1 Å². The molecule has 1 aromatic heterocycles. The first-order chi connectivity index (χ1) is 7.36. The summed E-state index contributed by atoms with van der Waals surface area (Å²) in [6, 6.07) is 12.4. The minimum Gasteiger partial charge on any atom is -0.307 e. The number of nitrogens with zero attached hydrogens (tertiary/aromatic N) is 2. The smallest absolute Gasteiger partial charge is 0.0518 e. The van der Waals surface area contributed by atoms with Gasteiger partial charge in [0.05, 0.1) is 5.69 Å². The quantitative estimate of drug-likeness (QED) is 0.883. The van der Waals surface area contributed by atoms with Crippen molar-refractivity contribution < 1.29 is 0 Å². The van der Waals surface area contributed by atoms with Gasteiger partial charge in [-0.05, 0) is 11.6 Å². The standard InChI is InChI=1S/C12H15N3.ClH/c1-15-12(7-8-14-15)10-13-9-11-5-3-2-4-6-11;/h2-8,13H,9-10H2,1H3;1H. The third-order valence-electron chi connectivity index (χ3n) is 2.40. The van der Waals surface area contributed by atoms with E-state index in [1.54, 1.807) is 0 Å². The number of aromatic nitrogens is 2. The second-order valence-electron chi connectivity index (χ2n) is 3.54. The van der Waals surface area contributed by atoms with Gasteiger partial charge in [0.15, 0.2) is 0 Å². The average molecular weight is 238 g/mol. The zero-order valence-electron chi connectivity index (χ0n) is 9.26. The molecule has 0 saturated carbocycles. The van der Waals surface area contributed by atoms with E-state index in [-0.39, 0.29) is 12.4 Å². The summed E-state index contributed by atoms with van der Waals surface area (Å²) < 4.78 is 1.89. The molecule has 0 saturated heterocycles. The lowest BCUT2D eigenvalue weighted by atomic mass is 10.2. The fourth-order valence-electron chi connectivity index (χ4n) is 1.51. The van der Waals surface area contributed by atoms with Crippen LogP contribution in [0.15, 0.2) is 42.6 Å². The summed E-state index contributed by atoms with van der Waals surface area (Å²) in [6.45, 7) is 1.75. The molecule has 0 aliphatic carbocycles. The molecule has 0 amide bonds. The summed E-state index contributed by atoms with van der Waals surface area (Å²) in [5.41, 5.74) is 2.51. The molecule has 1 heterocycles. The molecular formula is C12H16ClN3. The Bertz CT molecular complexity index is 411. The van der Waals surface area contributed by atoms with Gasteiger partial charge in [-0.15, -0.1) is 12.4 Å². The van der Waals surface area contributed by atoms with Crippen LogP contribution in [0, 0.1) is 0 Å². The highest BCUT2D eigenvalue weighted by Gasteiger charge is 1.97. The van der Waals surface area contributed by atoms with Crippen LogP contribution in [0.3, 0.4) is 0 Å². The van der Waals surface area contributed by atoms with Gasteiger partial charge in [-0.3, -0.25) is 4.68 Å². The number of hydrogen-bond acceptors (Lipinski definition) is 2. The number of aryl methyl sites for hydroxylation is 1. The molecule has 4 heteroatoms. The van der Waals surface area contributed by atoms with Crippen LogP contribution in [-0.4, -0.2) is 9.78 Å². The van der Waals surface area contributed by atoms with Crippen LogP contribution in [0.1, 0.15) is 11.3 Å². The highest BCUT2D eigenvalue weighted by molar-refractivity contribution is 5.85. The van der Waals surface area contributed by atoms with Gasteiger partial charge in [0.2, 0.25) is 0 Å². The van der Waals surface area contributed by atoms with Crippen LogP contribution in [0.5, 0.6) is 0 Å². The molecular weight excluding hydrogens is 222 g/mol. The Labute approximate surface area is 102 Å². The van der Waals surface area contributed by atoms with Gasteiger partial charge in [0.25, 0.3) is 0 Å². The SMILES string of the molecule is Cl.Cn1nccc1CNCc1ccccc1. The van der Waals surface area contributed by atoms with Crippen molar-refractivity contribution in [1.82, 2.24) is 15.1 Å². The van der Waals surface area contributed by atoms with Crippen molar-refractivity contribution in [3.8, 4) is 0 Å². The van der Waals surface area contributed by atoms with Gasteiger partial charge in [-0.25, -0.2) is 0 Å². The Morgan fingerprint density at radius 3 is 2.50 bits per heavy atom. The van der Waals surface area contributed by atoms with E-state index >= 15 is 0 Å². The van der Waals surface area contributed by atoms with E-state index in [0.717, 1.165) is 13.1 Å². The van der Waals surface area contributed by atoms with E-state index in [4.69, 9.17) is 0 Å². The number of rotatable bonds is 4. The zero-order chi connectivity index (χ0) is 10.5. The van der Waals surface area contributed by atoms with E-state index in [1.165, 1.54) is 11.3 Å². The largest absolute Gasteiger partial charge is 0.307 e. The summed E-state index contributed by atoms with van der Waals surface area (Å²) in [6.07, 6.45) is 1.82. The van der Waals surface area contributed by atoms with E-state index in [0.29, 0.717) is 0 Å². The second kappa shape index (κ2) is 6.30. The first-order valence-electron chi connectivity index (χ1n) is 5.08. The van der Waals surface area contributed by atoms with Crippen LogP contribution in [0.4, 0.5) is 0 Å². The maximum absolute atomic E-state index is 4.12. The lowest BCUT2D eigenvalue weighted by molar-refractivity contribution is 0.626. The van der Waals surface area contributed by atoms with Gasteiger partial charge in [-0.1, -0.05) is 30.3 Å². The Balaban J connectivity index is 0.00000128. The number of nitrogens with one attached hydrogen (secondary N) is 1. The molecule has 0 unspecified atom stereocenters. The molecule has 0 aliphatic heterocycles. The second-order valence-corrected chi connectivity index (χ2v) is 3.54. The fraction of sp³-hybridized carbons (Fsp3) is 0.250. The van der Waals surface area contributed by atoms with Crippen LogP contribution in [0.2, 0.25) is 0 Å². The molecule has 16 heavy (non-hydrogen) atoms. The van der Waals surface area contributed by atoms with E-state index in [2.05, 4.69) is 34.7 Å². The minimum atomic E-state index is 0. The summed E-state index contributed by atoms with van der Waals surface area (Å²) in [5.74, 6) is 0. The molecule has 2 aromatic rings. The van der Waals surface area contributed by atoms with Crippen molar-refractivity contribution in [2.75, 3.05) is 0 Å². The molecule has 0 spiro atoms. The van der Waals surface area contributed by atoms with Gasteiger partial charge < -0.3 is 5.32 Å². The number of halogens is 1. The van der Waals surface area contributed by atoms with Crippen molar-refractivity contribution in [3.63, 3.8) is 0 Å². The molecule has 0 aliphatic rings. The molecule has 86 valence electrons. The summed E-state index contributed by atoms with van der Waals surface area (Å²) in [5, 5.41) is 7.50. The summed E-state index contributed by atoms with van der Waals surface area (Å²) >= 11 is 0. The molecule has 1 aromatic carbocycles. The van der Waals surface area contributed by atoms with Crippen LogP contribution < -0.4 is 5.32 Å².